The lowest BCUT2D eigenvalue weighted by Crippen LogP contribution is -2.38. The number of hydrogen-bond donors (Lipinski definition) is 1. The zero-order valence-electron chi connectivity index (χ0n) is 12.7. The van der Waals surface area contributed by atoms with Gasteiger partial charge in [-0.15, -0.1) is 0 Å². The van der Waals surface area contributed by atoms with E-state index in [0.717, 1.165) is 0 Å². The van der Waals surface area contributed by atoms with E-state index in [-0.39, 0.29) is 23.8 Å². The summed E-state index contributed by atoms with van der Waals surface area (Å²) in [5.74, 6) is -0.854. The van der Waals surface area contributed by atoms with Crippen molar-refractivity contribution in [2.24, 2.45) is 0 Å². The molecule has 0 fully saturated rings. The van der Waals surface area contributed by atoms with E-state index in [9.17, 15) is 17.6 Å². The summed E-state index contributed by atoms with van der Waals surface area (Å²) in [6, 6.07) is 7.10. The number of hydrogen-bond acceptors (Lipinski definition) is 5. The monoisotopic (exact) mass is 340 g/mol. The molecule has 0 saturated carbocycles. The molecule has 1 N–H and O–H groups in total. The molecular formula is C15H17FN2O4S. The van der Waals surface area contributed by atoms with Crippen molar-refractivity contribution in [3.8, 4) is 0 Å². The highest BCUT2D eigenvalue weighted by Crippen LogP contribution is 2.12. The average Bonchev–Trinajstić information content (AvgIpc) is 2.90. The normalized spacial score (nSPS) is 12.8. The molecule has 1 heterocycles. The molecule has 1 aromatic heterocycles. The summed E-state index contributed by atoms with van der Waals surface area (Å²) in [6.45, 7) is 3.10. The number of amides is 1. The average molecular weight is 340 g/mol. The number of aryl methyl sites for hydroxylation is 1. The second-order valence-corrected chi connectivity index (χ2v) is 7.54. The van der Waals surface area contributed by atoms with E-state index in [2.05, 4.69) is 10.5 Å². The molecule has 8 heteroatoms. The Hall–Kier alpha value is -2.22. The number of nitrogens with one attached hydrogen (secondary N) is 1. The van der Waals surface area contributed by atoms with Gasteiger partial charge in [0.1, 0.15) is 16.8 Å². The molecule has 2 rings (SSSR count). The summed E-state index contributed by atoms with van der Waals surface area (Å²) in [7, 11) is -3.70. The third kappa shape index (κ3) is 4.62. The van der Waals surface area contributed by atoms with Gasteiger partial charge in [-0.2, -0.15) is 0 Å². The molecule has 23 heavy (non-hydrogen) atoms. The Morgan fingerprint density at radius 3 is 2.57 bits per heavy atom. The number of halogens is 1. The smallest absolute Gasteiger partial charge is 0.238 e. The van der Waals surface area contributed by atoms with Gasteiger partial charge in [-0.3, -0.25) is 4.79 Å². The van der Waals surface area contributed by atoms with Gasteiger partial charge < -0.3 is 9.84 Å². The predicted molar refractivity (Wildman–Crippen MR) is 81.6 cm³/mol. The minimum absolute atomic E-state index is 0.127. The van der Waals surface area contributed by atoms with Crippen LogP contribution >= 0.6 is 0 Å². The van der Waals surface area contributed by atoms with Crippen molar-refractivity contribution >= 4 is 15.7 Å². The van der Waals surface area contributed by atoms with Gasteiger partial charge in [0.15, 0.2) is 9.84 Å². The van der Waals surface area contributed by atoms with E-state index in [1.54, 1.807) is 6.92 Å². The topological polar surface area (TPSA) is 89.3 Å². The van der Waals surface area contributed by atoms with Gasteiger partial charge in [0.05, 0.1) is 11.4 Å². The minimum Gasteiger partial charge on any atom is -0.361 e. The molecule has 2 aromatic rings. The Bertz CT molecular complexity index is 784. The second-order valence-electron chi connectivity index (χ2n) is 5.22. The Morgan fingerprint density at radius 2 is 2.00 bits per heavy atom. The quantitative estimate of drug-likeness (QED) is 0.865. The maximum absolute atomic E-state index is 12.8. The van der Waals surface area contributed by atoms with Crippen LogP contribution in [0.1, 0.15) is 23.9 Å². The zero-order chi connectivity index (χ0) is 17.0. The Labute approximate surface area is 133 Å². The maximum Gasteiger partial charge on any atom is 0.238 e. The molecule has 1 aromatic carbocycles. The molecule has 6 nitrogen and oxygen atoms in total. The number of sulfone groups is 1. The number of rotatable bonds is 6. The fourth-order valence-corrected chi connectivity index (χ4v) is 3.12. The number of carbonyl (C=O) groups is 1. The summed E-state index contributed by atoms with van der Waals surface area (Å²) in [6.07, 6.45) is 0. The molecule has 0 radical (unpaired) electrons. The van der Waals surface area contributed by atoms with Gasteiger partial charge in [0.2, 0.25) is 5.91 Å². The molecule has 0 unspecified atom stereocenters. The van der Waals surface area contributed by atoms with Crippen LogP contribution in [0, 0.1) is 12.7 Å². The summed E-state index contributed by atoms with van der Waals surface area (Å²) in [5, 5.41) is 4.93. The molecule has 0 saturated heterocycles. The molecule has 0 spiro atoms. The second kappa shape index (κ2) is 6.91. The van der Waals surface area contributed by atoms with Crippen LogP contribution in [0.25, 0.3) is 0 Å². The Kier molecular flexibility index (Phi) is 5.15. The van der Waals surface area contributed by atoms with Crippen molar-refractivity contribution in [1.82, 2.24) is 10.5 Å². The van der Waals surface area contributed by atoms with Crippen LogP contribution < -0.4 is 5.32 Å². The highest BCUT2D eigenvalue weighted by atomic mass is 32.2. The van der Waals surface area contributed by atoms with Gasteiger partial charge >= 0.3 is 0 Å². The molecule has 0 aliphatic carbocycles. The van der Waals surface area contributed by atoms with Gasteiger partial charge in [-0.1, -0.05) is 17.3 Å². The van der Waals surface area contributed by atoms with Crippen LogP contribution in [0.4, 0.5) is 4.39 Å². The van der Waals surface area contributed by atoms with E-state index < -0.39 is 21.0 Å². The number of carbonyl (C=O) groups excluding carboxylic acids is 1. The van der Waals surface area contributed by atoms with Crippen molar-refractivity contribution in [1.29, 1.82) is 0 Å². The lowest BCUT2D eigenvalue weighted by molar-refractivity contribution is -0.120. The van der Waals surface area contributed by atoms with E-state index in [4.69, 9.17) is 4.52 Å². The zero-order valence-corrected chi connectivity index (χ0v) is 13.6. The summed E-state index contributed by atoms with van der Waals surface area (Å²) in [4.78, 5) is 12.0. The first-order chi connectivity index (χ1) is 10.8. The fourth-order valence-electron chi connectivity index (χ4n) is 1.92. The first kappa shape index (κ1) is 17.1. The minimum atomic E-state index is -3.70. The highest BCUT2D eigenvalue weighted by Gasteiger charge is 2.29. The van der Waals surface area contributed by atoms with E-state index in [1.807, 2.05) is 0 Å². The first-order valence-corrected chi connectivity index (χ1v) is 8.65. The van der Waals surface area contributed by atoms with E-state index in [1.165, 1.54) is 37.3 Å². The SMILES string of the molecule is Cc1cc(CS(=O)(=O)[C@@H](C)C(=O)NCc2ccc(F)cc2)no1. The number of nitrogens with zero attached hydrogens (tertiary/aromatic N) is 1. The molecular weight excluding hydrogens is 323 g/mol. The van der Waals surface area contributed by atoms with E-state index >= 15 is 0 Å². The van der Waals surface area contributed by atoms with Crippen molar-refractivity contribution in [2.45, 2.75) is 31.4 Å². The first-order valence-electron chi connectivity index (χ1n) is 6.94. The van der Waals surface area contributed by atoms with Gasteiger partial charge in [-0.05, 0) is 31.5 Å². The summed E-state index contributed by atoms with van der Waals surface area (Å²) >= 11 is 0. The fraction of sp³-hybridized carbons (Fsp3) is 0.333. The van der Waals surface area contributed by atoms with Gasteiger partial charge in [0.25, 0.3) is 0 Å². The van der Waals surface area contributed by atoms with Crippen LogP contribution in [0.3, 0.4) is 0 Å². The van der Waals surface area contributed by atoms with E-state index in [0.29, 0.717) is 11.3 Å². The van der Waals surface area contributed by atoms with Crippen LogP contribution in [-0.2, 0) is 26.9 Å². The van der Waals surface area contributed by atoms with Gasteiger partial charge in [-0.25, -0.2) is 12.8 Å². The highest BCUT2D eigenvalue weighted by molar-refractivity contribution is 7.92. The largest absolute Gasteiger partial charge is 0.361 e. The van der Waals surface area contributed by atoms with Crippen LogP contribution in [0.15, 0.2) is 34.9 Å². The third-order valence-corrected chi connectivity index (χ3v) is 5.30. The van der Waals surface area contributed by atoms with Crippen molar-refractivity contribution in [3.63, 3.8) is 0 Å². The van der Waals surface area contributed by atoms with Crippen LogP contribution in [0.5, 0.6) is 0 Å². The van der Waals surface area contributed by atoms with Crippen molar-refractivity contribution < 1.29 is 22.1 Å². The molecule has 1 atom stereocenters. The number of aromatic nitrogens is 1. The van der Waals surface area contributed by atoms with Crippen molar-refractivity contribution in [2.75, 3.05) is 0 Å². The van der Waals surface area contributed by atoms with Gasteiger partial charge in [0, 0.05) is 12.6 Å². The maximum atomic E-state index is 12.8. The lowest BCUT2D eigenvalue weighted by Gasteiger charge is -2.12. The number of benzene rings is 1. The molecule has 0 bridgehead atoms. The van der Waals surface area contributed by atoms with Crippen LogP contribution in [-0.4, -0.2) is 24.7 Å². The molecule has 1 amide bonds. The predicted octanol–water partition coefficient (Wildman–Crippen LogP) is 1.74. The summed E-state index contributed by atoms with van der Waals surface area (Å²) in [5.41, 5.74) is 0.942. The molecule has 0 aliphatic rings. The lowest BCUT2D eigenvalue weighted by atomic mass is 10.2. The summed E-state index contributed by atoms with van der Waals surface area (Å²) < 4.78 is 42.0. The van der Waals surface area contributed by atoms with Crippen LogP contribution in [0.2, 0.25) is 0 Å². The Balaban J connectivity index is 1.96. The Morgan fingerprint density at radius 1 is 1.35 bits per heavy atom. The molecule has 124 valence electrons. The third-order valence-electron chi connectivity index (χ3n) is 3.31. The van der Waals surface area contributed by atoms with Crippen molar-refractivity contribution in [3.05, 3.63) is 53.2 Å². The standard InChI is InChI=1S/C15H17FN2O4S/c1-10-7-14(18-22-10)9-23(20,21)11(2)15(19)17-8-12-3-5-13(16)6-4-12/h3-7,11H,8-9H2,1-2H3,(H,17,19)/t11-/m0/s1. The molecule has 0 aliphatic heterocycles.